The fourth-order valence-electron chi connectivity index (χ4n) is 2.18. The van der Waals surface area contributed by atoms with E-state index in [9.17, 15) is 4.79 Å². The van der Waals surface area contributed by atoms with Crippen LogP contribution in [-0.2, 0) is 0 Å². The Morgan fingerprint density at radius 3 is 2.48 bits per heavy atom. The van der Waals surface area contributed by atoms with Gasteiger partial charge in [-0.25, -0.2) is 4.79 Å². The number of phenols is 1. The van der Waals surface area contributed by atoms with Crippen molar-refractivity contribution in [3.05, 3.63) is 65.0 Å². The van der Waals surface area contributed by atoms with Gasteiger partial charge in [0.1, 0.15) is 5.75 Å². The summed E-state index contributed by atoms with van der Waals surface area (Å²) in [4.78, 5) is 14.2. The third-order valence-corrected chi connectivity index (χ3v) is 3.36. The first-order valence-corrected chi connectivity index (χ1v) is 7.65. The SMILES string of the molecule is CC.CC1C=Cc2cc(O)ccc21.Cc1ncccc1C(=O)O. The fourth-order valence-corrected chi connectivity index (χ4v) is 2.18. The molecule has 0 fully saturated rings. The van der Waals surface area contributed by atoms with Crippen LogP contribution in [0, 0.1) is 6.92 Å². The number of fused-ring (bicyclic) bond motifs is 1. The van der Waals surface area contributed by atoms with Gasteiger partial charge in [0.25, 0.3) is 0 Å². The molecule has 1 aromatic carbocycles. The third-order valence-electron chi connectivity index (χ3n) is 3.36. The quantitative estimate of drug-likeness (QED) is 0.805. The zero-order valence-electron chi connectivity index (χ0n) is 13.9. The second kappa shape index (κ2) is 8.73. The summed E-state index contributed by atoms with van der Waals surface area (Å²) < 4.78 is 0. The number of aromatic carboxylic acids is 1. The zero-order chi connectivity index (χ0) is 17.4. The Bertz CT molecular complexity index is 693. The van der Waals surface area contributed by atoms with Crippen molar-refractivity contribution in [2.75, 3.05) is 0 Å². The molecule has 1 aromatic heterocycles. The first-order valence-electron chi connectivity index (χ1n) is 7.65. The van der Waals surface area contributed by atoms with Gasteiger partial charge in [0.05, 0.1) is 11.3 Å². The third kappa shape index (κ3) is 4.95. The van der Waals surface area contributed by atoms with Crippen LogP contribution in [0.25, 0.3) is 6.08 Å². The second-order valence-electron chi connectivity index (χ2n) is 4.90. The highest BCUT2D eigenvalue weighted by molar-refractivity contribution is 5.88. The molecule has 0 radical (unpaired) electrons. The van der Waals surface area contributed by atoms with E-state index in [0.29, 0.717) is 17.4 Å². The molecule has 0 saturated heterocycles. The highest BCUT2D eigenvalue weighted by Gasteiger charge is 2.11. The maximum Gasteiger partial charge on any atom is 0.337 e. The van der Waals surface area contributed by atoms with E-state index < -0.39 is 5.97 Å². The average Bonchev–Trinajstić information content (AvgIpc) is 2.90. The van der Waals surface area contributed by atoms with Gasteiger partial charge in [-0.15, -0.1) is 0 Å². The molecular weight excluding hydrogens is 290 g/mol. The molecule has 1 aliphatic carbocycles. The number of benzene rings is 1. The summed E-state index contributed by atoms with van der Waals surface area (Å²) >= 11 is 0. The van der Waals surface area contributed by atoms with Gasteiger partial charge in [0.2, 0.25) is 0 Å². The molecule has 1 atom stereocenters. The van der Waals surface area contributed by atoms with Crippen LogP contribution in [0.1, 0.15) is 53.9 Å². The summed E-state index contributed by atoms with van der Waals surface area (Å²) in [6.45, 7) is 7.82. The molecule has 0 spiro atoms. The van der Waals surface area contributed by atoms with Gasteiger partial charge >= 0.3 is 5.97 Å². The molecule has 1 unspecified atom stereocenters. The Labute approximate surface area is 137 Å². The molecule has 0 amide bonds. The van der Waals surface area contributed by atoms with Crippen molar-refractivity contribution in [2.45, 2.75) is 33.6 Å². The van der Waals surface area contributed by atoms with Gasteiger partial charge in [-0.3, -0.25) is 4.98 Å². The lowest BCUT2D eigenvalue weighted by Crippen LogP contribution is -2.00. The largest absolute Gasteiger partial charge is 0.508 e. The highest BCUT2D eigenvalue weighted by Crippen LogP contribution is 2.31. The summed E-state index contributed by atoms with van der Waals surface area (Å²) in [5.74, 6) is -0.0706. The summed E-state index contributed by atoms with van der Waals surface area (Å²) in [7, 11) is 0. The number of nitrogens with zero attached hydrogens (tertiary/aromatic N) is 1. The Kier molecular flexibility index (Phi) is 7.00. The van der Waals surface area contributed by atoms with Crippen LogP contribution in [0.2, 0.25) is 0 Å². The van der Waals surface area contributed by atoms with E-state index in [2.05, 4.69) is 24.1 Å². The van der Waals surface area contributed by atoms with E-state index in [0.717, 1.165) is 5.56 Å². The number of carbonyl (C=O) groups is 1. The number of aromatic hydroxyl groups is 1. The lowest BCUT2D eigenvalue weighted by Gasteiger charge is -2.03. The van der Waals surface area contributed by atoms with E-state index in [1.807, 2.05) is 19.9 Å². The molecule has 0 saturated carbocycles. The van der Waals surface area contributed by atoms with Crippen LogP contribution in [0.15, 0.2) is 42.6 Å². The molecule has 1 heterocycles. The van der Waals surface area contributed by atoms with Gasteiger partial charge in [0.15, 0.2) is 0 Å². The van der Waals surface area contributed by atoms with Crippen molar-refractivity contribution in [1.29, 1.82) is 0 Å². The Hall–Kier alpha value is -2.62. The number of aromatic nitrogens is 1. The number of allylic oxidation sites excluding steroid dienone is 1. The van der Waals surface area contributed by atoms with Crippen molar-refractivity contribution in [3.63, 3.8) is 0 Å². The summed E-state index contributed by atoms with van der Waals surface area (Å²) in [5.41, 5.74) is 3.28. The van der Waals surface area contributed by atoms with E-state index in [1.54, 1.807) is 31.3 Å². The van der Waals surface area contributed by atoms with Crippen molar-refractivity contribution < 1.29 is 15.0 Å². The van der Waals surface area contributed by atoms with Gasteiger partial charge in [-0.2, -0.15) is 0 Å². The second-order valence-corrected chi connectivity index (χ2v) is 4.90. The average molecular weight is 313 g/mol. The highest BCUT2D eigenvalue weighted by atomic mass is 16.4. The van der Waals surface area contributed by atoms with Crippen LogP contribution >= 0.6 is 0 Å². The Morgan fingerprint density at radius 2 is 1.91 bits per heavy atom. The number of carboxylic acid groups (broad SMARTS) is 1. The molecule has 1 aliphatic rings. The predicted octanol–water partition coefficient (Wildman–Crippen LogP) is 4.64. The van der Waals surface area contributed by atoms with E-state index in [1.165, 1.54) is 11.6 Å². The number of rotatable bonds is 1. The zero-order valence-corrected chi connectivity index (χ0v) is 13.9. The number of pyridine rings is 1. The minimum absolute atomic E-state index is 0.266. The van der Waals surface area contributed by atoms with Gasteiger partial charge in [-0.05, 0) is 48.2 Å². The normalized spacial score (nSPS) is 14.0. The van der Waals surface area contributed by atoms with Gasteiger partial charge in [0, 0.05) is 6.20 Å². The Balaban J connectivity index is 0.000000209. The number of aryl methyl sites for hydroxylation is 1. The molecule has 0 aliphatic heterocycles. The molecule has 2 N–H and O–H groups in total. The minimum atomic E-state index is -0.925. The number of phenolic OH excluding ortho intramolecular Hbond substituents is 1. The lowest BCUT2D eigenvalue weighted by atomic mass is 10.0. The summed E-state index contributed by atoms with van der Waals surface area (Å²) in [6.07, 6.45) is 5.77. The van der Waals surface area contributed by atoms with Crippen LogP contribution in [0.3, 0.4) is 0 Å². The van der Waals surface area contributed by atoms with Crippen molar-refractivity contribution >= 4 is 12.0 Å². The van der Waals surface area contributed by atoms with Crippen LogP contribution < -0.4 is 0 Å². The van der Waals surface area contributed by atoms with E-state index in [-0.39, 0.29) is 5.56 Å². The molecule has 0 bridgehead atoms. The molecule has 122 valence electrons. The first kappa shape index (κ1) is 18.4. The standard InChI is InChI=1S/C10H10O.C7H7NO2.C2H6/c1-7-2-3-8-6-9(11)4-5-10(7)8;1-5-6(7(9)10)3-2-4-8-5;1-2/h2-7,11H,1H3;2-4H,1H3,(H,9,10);1-2H3. The van der Waals surface area contributed by atoms with Crippen molar-refractivity contribution in [1.82, 2.24) is 4.98 Å². The van der Waals surface area contributed by atoms with Crippen LogP contribution in [-0.4, -0.2) is 21.2 Å². The minimum Gasteiger partial charge on any atom is -0.508 e. The molecule has 4 nitrogen and oxygen atoms in total. The molecule has 2 aromatic rings. The van der Waals surface area contributed by atoms with Crippen LogP contribution in [0.4, 0.5) is 0 Å². The van der Waals surface area contributed by atoms with E-state index in [4.69, 9.17) is 10.2 Å². The number of carboxylic acids is 1. The Morgan fingerprint density at radius 1 is 1.22 bits per heavy atom. The lowest BCUT2D eigenvalue weighted by molar-refractivity contribution is 0.0695. The van der Waals surface area contributed by atoms with Crippen molar-refractivity contribution in [3.8, 4) is 5.75 Å². The fraction of sp³-hybridized carbons (Fsp3) is 0.263. The van der Waals surface area contributed by atoms with E-state index >= 15 is 0 Å². The summed E-state index contributed by atoms with van der Waals surface area (Å²) in [6, 6.07) is 8.66. The maximum atomic E-state index is 10.4. The maximum absolute atomic E-state index is 10.4. The molecule has 23 heavy (non-hydrogen) atoms. The molecule has 4 heteroatoms. The first-order chi connectivity index (χ1) is 11.0. The summed E-state index contributed by atoms with van der Waals surface area (Å²) in [5, 5.41) is 17.7. The topological polar surface area (TPSA) is 70.4 Å². The smallest absolute Gasteiger partial charge is 0.337 e. The number of hydrogen-bond acceptors (Lipinski definition) is 3. The van der Waals surface area contributed by atoms with Crippen molar-refractivity contribution in [2.24, 2.45) is 0 Å². The molecule has 3 rings (SSSR count). The predicted molar refractivity (Wildman–Crippen MR) is 92.8 cm³/mol. The van der Waals surface area contributed by atoms with Gasteiger partial charge in [-0.1, -0.05) is 39.0 Å². The van der Waals surface area contributed by atoms with Crippen LogP contribution in [0.5, 0.6) is 5.75 Å². The monoisotopic (exact) mass is 313 g/mol. The van der Waals surface area contributed by atoms with Gasteiger partial charge < -0.3 is 10.2 Å². The molecular formula is C19H23NO3. The number of hydrogen-bond donors (Lipinski definition) is 2.